The van der Waals surface area contributed by atoms with Gasteiger partial charge in [-0.15, -0.1) is 0 Å². The fraction of sp³-hybridized carbons (Fsp3) is 0.625. The van der Waals surface area contributed by atoms with Crippen molar-refractivity contribution >= 4 is 11.8 Å². The van der Waals surface area contributed by atoms with E-state index in [4.69, 9.17) is 0 Å². The van der Waals surface area contributed by atoms with Crippen molar-refractivity contribution in [3.8, 4) is 0 Å². The average Bonchev–Trinajstić information content (AvgIpc) is 2.85. The quantitative estimate of drug-likeness (QED) is 0.797. The summed E-state index contributed by atoms with van der Waals surface area (Å²) in [6, 6.07) is 8.53. The van der Waals surface area contributed by atoms with Crippen molar-refractivity contribution < 1.29 is 13.2 Å². The first-order chi connectivity index (χ1) is 9.98. The minimum Gasteiger partial charge on any atom is -0.307 e. The molecule has 1 aromatic carbocycles. The molecule has 1 aromatic rings. The minimum atomic E-state index is -4.15. The van der Waals surface area contributed by atoms with E-state index in [-0.39, 0.29) is 6.04 Å². The molecule has 0 radical (unpaired) electrons. The van der Waals surface area contributed by atoms with Crippen molar-refractivity contribution in [3.05, 3.63) is 35.9 Å². The number of nitrogens with one attached hydrogen (secondary N) is 1. The fourth-order valence-corrected chi connectivity index (χ4v) is 4.10. The van der Waals surface area contributed by atoms with Gasteiger partial charge < -0.3 is 5.32 Å². The van der Waals surface area contributed by atoms with Crippen LogP contribution in [0.25, 0.3) is 0 Å². The van der Waals surface area contributed by atoms with Crippen LogP contribution in [-0.2, 0) is 0 Å². The molecule has 2 rings (SSSR count). The van der Waals surface area contributed by atoms with Gasteiger partial charge >= 0.3 is 6.18 Å². The van der Waals surface area contributed by atoms with Crippen molar-refractivity contribution in [2.24, 2.45) is 0 Å². The average molecular weight is 317 g/mol. The maximum absolute atomic E-state index is 12.8. The summed E-state index contributed by atoms with van der Waals surface area (Å²) < 4.78 is 38.5. The molecular formula is C16H22F3NS. The lowest BCUT2D eigenvalue weighted by Gasteiger charge is -2.24. The van der Waals surface area contributed by atoms with Gasteiger partial charge in [0.1, 0.15) is 0 Å². The molecule has 1 fully saturated rings. The highest BCUT2D eigenvalue weighted by molar-refractivity contribution is 7.99. The molecule has 21 heavy (non-hydrogen) atoms. The Labute approximate surface area is 128 Å². The summed E-state index contributed by atoms with van der Waals surface area (Å²) in [4.78, 5) is 0. The lowest BCUT2D eigenvalue weighted by molar-refractivity contribution is -0.140. The Morgan fingerprint density at radius 3 is 2.57 bits per heavy atom. The highest BCUT2D eigenvalue weighted by atomic mass is 32.2. The topological polar surface area (TPSA) is 12.0 Å². The number of hydrogen-bond donors (Lipinski definition) is 1. The number of benzene rings is 1. The Balaban J connectivity index is 2.00. The molecule has 0 amide bonds. The number of halogens is 3. The van der Waals surface area contributed by atoms with Gasteiger partial charge in [-0.3, -0.25) is 0 Å². The molecule has 1 aliphatic carbocycles. The zero-order valence-electron chi connectivity index (χ0n) is 12.2. The predicted octanol–water partition coefficient (Wildman–Crippen LogP) is 4.94. The van der Waals surface area contributed by atoms with Crippen LogP contribution in [0.2, 0.25) is 0 Å². The third kappa shape index (κ3) is 5.55. The van der Waals surface area contributed by atoms with Gasteiger partial charge in [-0.05, 0) is 30.6 Å². The van der Waals surface area contributed by atoms with Gasteiger partial charge in [0.05, 0.1) is 6.42 Å². The third-order valence-electron chi connectivity index (χ3n) is 3.86. The van der Waals surface area contributed by atoms with Gasteiger partial charge in [-0.2, -0.15) is 24.9 Å². The van der Waals surface area contributed by atoms with Crippen LogP contribution in [0.3, 0.4) is 0 Å². The molecular weight excluding hydrogens is 295 g/mol. The summed E-state index contributed by atoms with van der Waals surface area (Å²) in [7, 11) is 0. The normalized spacial score (nSPS) is 24.2. The maximum Gasteiger partial charge on any atom is 0.390 e. The van der Waals surface area contributed by atoms with Gasteiger partial charge in [0.2, 0.25) is 0 Å². The van der Waals surface area contributed by atoms with Crippen LogP contribution in [0.5, 0.6) is 0 Å². The first-order valence-electron chi connectivity index (χ1n) is 7.47. The number of thioether (sulfide) groups is 1. The van der Waals surface area contributed by atoms with E-state index in [1.54, 1.807) is 24.3 Å². The van der Waals surface area contributed by atoms with E-state index < -0.39 is 18.6 Å². The van der Waals surface area contributed by atoms with Gasteiger partial charge in [0.15, 0.2) is 0 Å². The largest absolute Gasteiger partial charge is 0.390 e. The molecule has 1 saturated carbocycles. The van der Waals surface area contributed by atoms with Gasteiger partial charge in [-0.1, -0.05) is 37.3 Å². The molecule has 1 nitrogen and oxygen atoms in total. The second kappa shape index (κ2) is 7.54. The van der Waals surface area contributed by atoms with Crippen molar-refractivity contribution in [2.45, 2.75) is 56.1 Å². The summed E-state index contributed by atoms with van der Waals surface area (Å²) in [5.41, 5.74) is 0.724. The molecule has 0 bridgehead atoms. The molecule has 1 N–H and O–H groups in total. The minimum absolute atomic E-state index is 0.196. The first-order valence-corrected chi connectivity index (χ1v) is 8.52. The number of alkyl halides is 3. The Morgan fingerprint density at radius 1 is 1.24 bits per heavy atom. The zero-order valence-corrected chi connectivity index (χ0v) is 13.0. The highest BCUT2D eigenvalue weighted by Gasteiger charge is 2.35. The predicted molar refractivity (Wildman–Crippen MR) is 82.5 cm³/mol. The molecule has 0 heterocycles. The van der Waals surface area contributed by atoms with E-state index in [1.165, 1.54) is 0 Å². The second-order valence-electron chi connectivity index (χ2n) is 5.54. The Hall–Kier alpha value is -0.680. The second-order valence-corrected chi connectivity index (χ2v) is 7.11. The summed E-state index contributed by atoms with van der Waals surface area (Å²) in [5.74, 6) is 1.07. The van der Waals surface area contributed by atoms with Crippen molar-refractivity contribution in [1.82, 2.24) is 5.32 Å². The number of rotatable bonds is 6. The lowest BCUT2D eigenvalue weighted by atomic mass is 10.0. The molecule has 3 atom stereocenters. The van der Waals surface area contributed by atoms with Crippen molar-refractivity contribution in [2.75, 3.05) is 5.75 Å². The van der Waals surface area contributed by atoms with Crippen LogP contribution in [0.4, 0.5) is 13.2 Å². The molecule has 0 aliphatic heterocycles. The summed E-state index contributed by atoms with van der Waals surface area (Å²) >= 11 is 1.92. The van der Waals surface area contributed by atoms with E-state index in [9.17, 15) is 13.2 Å². The first kappa shape index (κ1) is 16.7. The van der Waals surface area contributed by atoms with Gasteiger partial charge in [0, 0.05) is 17.3 Å². The highest BCUT2D eigenvalue weighted by Crippen LogP contribution is 2.34. The van der Waals surface area contributed by atoms with E-state index >= 15 is 0 Å². The van der Waals surface area contributed by atoms with Crippen LogP contribution >= 0.6 is 11.8 Å². The van der Waals surface area contributed by atoms with Crippen molar-refractivity contribution in [1.29, 1.82) is 0 Å². The van der Waals surface area contributed by atoms with Crippen LogP contribution in [0.15, 0.2) is 30.3 Å². The molecule has 0 saturated heterocycles. The molecule has 3 unspecified atom stereocenters. The SMILES string of the molecule is CCSC1CCC(NC(CC(F)(F)F)c2ccccc2)C1. The molecule has 1 aliphatic rings. The summed E-state index contributed by atoms with van der Waals surface area (Å²) in [6.45, 7) is 2.13. The summed E-state index contributed by atoms with van der Waals surface area (Å²) in [6.07, 6.45) is -1.91. The molecule has 118 valence electrons. The van der Waals surface area contributed by atoms with Crippen LogP contribution in [0, 0.1) is 0 Å². The van der Waals surface area contributed by atoms with Crippen LogP contribution < -0.4 is 5.32 Å². The fourth-order valence-electron chi connectivity index (χ4n) is 2.95. The standard InChI is InChI=1S/C16H22F3NS/c1-2-21-14-9-8-13(10-14)20-15(11-16(17,18)19)12-6-4-3-5-7-12/h3-7,13-15,20H,2,8-11H2,1H3. The molecule has 0 spiro atoms. The smallest absolute Gasteiger partial charge is 0.307 e. The van der Waals surface area contributed by atoms with E-state index in [0.29, 0.717) is 5.25 Å². The lowest BCUT2D eigenvalue weighted by Crippen LogP contribution is -2.34. The summed E-state index contributed by atoms with van der Waals surface area (Å²) in [5, 5.41) is 3.84. The Bertz CT molecular complexity index is 421. The molecule has 5 heteroatoms. The van der Waals surface area contributed by atoms with Gasteiger partial charge in [-0.25, -0.2) is 0 Å². The monoisotopic (exact) mass is 317 g/mol. The molecule has 0 aromatic heterocycles. The zero-order chi connectivity index (χ0) is 15.3. The third-order valence-corrected chi connectivity index (χ3v) is 5.09. The maximum atomic E-state index is 12.8. The van der Waals surface area contributed by atoms with E-state index in [1.807, 2.05) is 17.8 Å². The van der Waals surface area contributed by atoms with Gasteiger partial charge in [0.25, 0.3) is 0 Å². The van der Waals surface area contributed by atoms with E-state index in [0.717, 1.165) is 30.6 Å². The Morgan fingerprint density at radius 2 is 1.95 bits per heavy atom. The Kier molecular flexibility index (Phi) is 5.99. The van der Waals surface area contributed by atoms with E-state index in [2.05, 4.69) is 12.2 Å². The number of hydrogen-bond acceptors (Lipinski definition) is 2. The van der Waals surface area contributed by atoms with Crippen LogP contribution in [-0.4, -0.2) is 23.2 Å². The van der Waals surface area contributed by atoms with Crippen LogP contribution in [0.1, 0.15) is 44.2 Å². The van der Waals surface area contributed by atoms with Crippen molar-refractivity contribution in [3.63, 3.8) is 0 Å².